The van der Waals surface area contributed by atoms with E-state index in [-0.39, 0.29) is 37.5 Å². The lowest BCUT2D eigenvalue weighted by Crippen LogP contribution is -2.30. The molecule has 0 amide bonds. The van der Waals surface area contributed by atoms with Gasteiger partial charge in [-0.1, -0.05) is 323 Å². The minimum Gasteiger partial charge on any atom is -0.462 e. The molecule has 0 aliphatic carbocycles. The van der Waals surface area contributed by atoms with Crippen LogP contribution >= 0.6 is 0 Å². The molecule has 0 radical (unpaired) electrons. The van der Waals surface area contributed by atoms with Crippen LogP contribution in [0.3, 0.4) is 0 Å². The maximum atomic E-state index is 12.9. The SMILES string of the molecule is CC/C=C\C/C=C\C/C=C\C/C=C\CCCCCCCCCCCCC(=O)OC(COC(=O)CC/C=C\C/C=C\C/C=C\C/C=C\CC)COC(=O)CCCCCCCCCCCCCCCCCCC/C=C\CCCCCCCCCC. The third-order valence-corrected chi connectivity index (χ3v) is 15.3. The second-order valence-electron chi connectivity index (χ2n) is 23.4. The Morgan fingerprint density at radius 1 is 0.253 bits per heavy atom. The highest BCUT2D eigenvalue weighted by Crippen LogP contribution is 2.17. The zero-order valence-corrected chi connectivity index (χ0v) is 54.7. The van der Waals surface area contributed by atoms with E-state index in [1.807, 2.05) is 6.08 Å². The maximum absolute atomic E-state index is 12.9. The Morgan fingerprint density at radius 2 is 0.494 bits per heavy atom. The topological polar surface area (TPSA) is 78.9 Å². The molecule has 0 aromatic rings. The van der Waals surface area contributed by atoms with Crippen molar-refractivity contribution in [3.05, 3.63) is 109 Å². The summed E-state index contributed by atoms with van der Waals surface area (Å²) in [6.45, 7) is 6.38. The van der Waals surface area contributed by atoms with Crippen LogP contribution in [-0.4, -0.2) is 37.2 Å². The molecule has 0 saturated carbocycles. The van der Waals surface area contributed by atoms with Gasteiger partial charge in [-0.25, -0.2) is 0 Å². The molecule has 0 rings (SSSR count). The molecule has 6 heteroatoms. The monoisotopic (exact) mass is 1150 g/mol. The molecular formula is C77H132O6. The van der Waals surface area contributed by atoms with Gasteiger partial charge in [0.15, 0.2) is 6.10 Å². The van der Waals surface area contributed by atoms with Crippen LogP contribution in [0.5, 0.6) is 0 Å². The van der Waals surface area contributed by atoms with E-state index in [2.05, 4.69) is 124 Å². The summed E-state index contributed by atoms with van der Waals surface area (Å²) in [5, 5.41) is 0. The zero-order chi connectivity index (χ0) is 59.9. The van der Waals surface area contributed by atoms with Crippen LogP contribution in [0.4, 0.5) is 0 Å². The summed E-state index contributed by atoms with van der Waals surface area (Å²) in [6.07, 6.45) is 97.2. The van der Waals surface area contributed by atoms with E-state index < -0.39 is 6.10 Å². The number of esters is 3. The number of ether oxygens (including phenoxy) is 3. The molecule has 476 valence electrons. The van der Waals surface area contributed by atoms with Crippen LogP contribution in [0.1, 0.15) is 342 Å². The van der Waals surface area contributed by atoms with E-state index >= 15 is 0 Å². The summed E-state index contributed by atoms with van der Waals surface area (Å²) in [6, 6.07) is 0. The summed E-state index contributed by atoms with van der Waals surface area (Å²) in [4.78, 5) is 38.4. The lowest BCUT2D eigenvalue weighted by Gasteiger charge is -2.18. The van der Waals surface area contributed by atoms with E-state index in [4.69, 9.17) is 14.2 Å². The maximum Gasteiger partial charge on any atom is 0.306 e. The summed E-state index contributed by atoms with van der Waals surface area (Å²) in [7, 11) is 0. The average Bonchev–Trinajstić information content (AvgIpc) is 3.49. The molecule has 0 aliphatic rings. The summed E-state index contributed by atoms with van der Waals surface area (Å²) < 4.78 is 16.9. The molecule has 0 fully saturated rings. The van der Waals surface area contributed by atoms with Crippen LogP contribution < -0.4 is 0 Å². The second kappa shape index (κ2) is 70.6. The molecule has 6 nitrogen and oxygen atoms in total. The van der Waals surface area contributed by atoms with Gasteiger partial charge >= 0.3 is 17.9 Å². The van der Waals surface area contributed by atoms with E-state index in [9.17, 15) is 14.4 Å². The van der Waals surface area contributed by atoms with Crippen molar-refractivity contribution in [2.75, 3.05) is 13.2 Å². The van der Waals surface area contributed by atoms with E-state index in [1.165, 1.54) is 205 Å². The molecule has 83 heavy (non-hydrogen) atoms. The van der Waals surface area contributed by atoms with Crippen LogP contribution in [0.2, 0.25) is 0 Å². The van der Waals surface area contributed by atoms with Crippen molar-refractivity contribution in [1.82, 2.24) is 0 Å². The van der Waals surface area contributed by atoms with Gasteiger partial charge in [0.1, 0.15) is 13.2 Å². The van der Waals surface area contributed by atoms with Crippen molar-refractivity contribution in [3.8, 4) is 0 Å². The minimum atomic E-state index is -0.812. The molecule has 0 aromatic heterocycles. The molecule has 0 heterocycles. The zero-order valence-electron chi connectivity index (χ0n) is 54.7. The molecular weight excluding hydrogens is 1020 g/mol. The van der Waals surface area contributed by atoms with Gasteiger partial charge in [0.25, 0.3) is 0 Å². The number of carbonyl (C=O) groups is 3. The van der Waals surface area contributed by atoms with Gasteiger partial charge in [-0.2, -0.15) is 0 Å². The molecule has 1 unspecified atom stereocenters. The highest BCUT2D eigenvalue weighted by Gasteiger charge is 2.19. The van der Waals surface area contributed by atoms with E-state index in [0.29, 0.717) is 19.3 Å². The van der Waals surface area contributed by atoms with Crippen LogP contribution in [0.15, 0.2) is 109 Å². The minimum absolute atomic E-state index is 0.100. The van der Waals surface area contributed by atoms with Gasteiger partial charge in [0, 0.05) is 19.3 Å². The normalized spacial score (nSPS) is 12.8. The Hall–Kier alpha value is -3.93. The number of carbonyl (C=O) groups excluding carboxylic acids is 3. The Labute approximate surface area is 514 Å². The van der Waals surface area contributed by atoms with Gasteiger partial charge in [-0.15, -0.1) is 0 Å². The highest BCUT2D eigenvalue weighted by atomic mass is 16.6. The largest absolute Gasteiger partial charge is 0.462 e. The van der Waals surface area contributed by atoms with Crippen LogP contribution in [0.25, 0.3) is 0 Å². The standard InChI is InChI=1S/C77H132O6/c1-4-7-10-13-16-19-22-25-27-29-31-33-35-36-37-38-39-40-42-43-45-47-49-52-55-58-61-64-67-70-76(79)82-73-74(72-81-75(78)69-66-63-60-57-54-51-24-21-18-15-12-9-6-3)83-77(80)71-68-65-62-59-56-53-50-48-46-44-41-34-32-30-28-26-23-20-17-14-11-8-5-2/h8-9,11-12,17-18,20-21,26,28-29,31-32,34,51,54,60,63,74H,4-7,10,13-16,19,22-25,27,30,33,35-50,52-53,55-59,61-62,64-73H2,1-3H3/b11-8-,12-9-,20-17-,21-18-,28-26-,31-29-,34-32-,54-51-,63-60-. The lowest BCUT2D eigenvalue weighted by molar-refractivity contribution is -0.166. The number of hydrogen-bond donors (Lipinski definition) is 0. The average molecular weight is 1150 g/mol. The van der Waals surface area contributed by atoms with Crippen LogP contribution in [0, 0.1) is 0 Å². The number of allylic oxidation sites excluding steroid dienone is 18. The van der Waals surface area contributed by atoms with Crippen LogP contribution in [-0.2, 0) is 28.6 Å². The molecule has 0 saturated heterocycles. The lowest BCUT2D eigenvalue weighted by atomic mass is 10.0. The van der Waals surface area contributed by atoms with Gasteiger partial charge in [0.05, 0.1) is 0 Å². The number of unbranched alkanes of at least 4 members (excludes halogenated alkanes) is 35. The molecule has 0 N–H and O–H groups in total. The fourth-order valence-electron chi connectivity index (χ4n) is 10.0. The van der Waals surface area contributed by atoms with Crippen molar-refractivity contribution in [2.45, 2.75) is 348 Å². The van der Waals surface area contributed by atoms with E-state index in [0.717, 1.165) is 89.9 Å². The van der Waals surface area contributed by atoms with Gasteiger partial charge in [-0.05, 0) is 109 Å². The third-order valence-electron chi connectivity index (χ3n) is 15.3. The number of rotatable bonds is 64. The Kier molecular flexibility index (Phi) is 67.2. The Bertz CT molecular complexity index is 1660. The molecule has 0 aliphatic heterocycles. The Morgan fingerprint density at radius 3 is 0.819 bits per heavy atom. The molecule has 0 spiro atoms. The van der Waals surface area contributed by atoms with Crippen molar-refractivity contribution >= 4 is 17.9 Å². The first kappa shape index (κ1) is 79.1. The fourth-order valence-corrected chi connectivity index (χ4v) is 10.0. The first-order valence-corrected chi connectivity index (χ1v) is 35.4. The molecule has 0 bridgehead atoms. The summed E-state index contributed by atoms with van der Waals surface area (Å²) in [5.74, 6) is -0.978. The molecule has 0 aromatic carbocycles. The third kappa shape index (κ3) is 68.7. The van der Waals surface area contributed by atoms with Gasteiger partial charge in [0.2, 0.25) is 0 Å². The quantitative estimate of drug-likeness (QED) is 0.0261. The van der Waals surface area contributed by atoms with Gasteiger partial charge in [-0.3, -0.25) is 14.4 Å². The number of hydrogen-bond acceptors (Lipinski definition) is 6. The predicted octanol–water partition coefficient (Wildman–Crippen LogP) is 24.6. The van der Waals surface area contributed by atoms with Crippen molar-refractivity contribution in [3.63, 3.8) is 0 Å². The van der Waals surface area contributed by atoms with E-state index in [1.54, 1.807) is 0 Å². The molecule has 1 atom stereocenters. The Balaban J connectivity index is 4.27. The first-order valence-electron chi connectivity index (χ1n) is 35.4. The highest BCUT2D eigenvalue weighted by molar-refractivity contribution is 5.71. The second-order valence-corrected chi connectivity index (χ2v) is 23.4. The summed E-state index contributed by atoms with van der Waals surface area (Å²) >= 11 is 0. The smallest absolute Gasteiger partial charge is 0.306 e. The predicted molar refractivity (Wildman–Crippen MR) is 362 cm³/mol. The fraction of sp³-hybridized carbons (Fsp3) is 0.727. The van der Waals surface area contributed by atoms with Crippen molar-refractivity contribution in [2.24, 2.45) is 0 Å². The summed E-state index contributed by atoms with van der Waals surface area (Å²) in [5.41, 5.74) is 0. The van der Waals surface area contributed by atoms with Gasteiger partial charge < -0.3 is 14.2 Å². The van der Waals surface area contributed by atoms with Crippen molar-refractivity contribution < 1.29 is 28.6 Å². The van der Waals surface area contributed by atoms with Crippen molar-refractivity contribution in [1.29, 1.82) is 0 Å². The first-order chi connectivity index (χ1) is 41.0.